The van der Waals surface area contributed by atoms with E-state index < -0.39 is 0 Å². The van der Waals surface area contributed by atoms with Gasteiger partial charge >= 0.3 is 0 Å². The molecule has 0 bridgehead atoms. The monoisotopic (exact) mass is 360 g/mol. The Morgan fingerprint density at radius 2 is 1.67 bits per heavy atom. The van der Waals surface area contributed by atoms with Crippen LogP contribution < -0.4 is 10.2 Å². The summed E-state index contributed by atoms with van der Waals surface area (Å²) in [4.78, 5) is 34.5. The first kappa shape index (κ1) is 18.3. The molecule has 0 unspecified atom stereocenters. The zero-order valence-electron chi connectivity index (χ0n) is 15.2. The van der Waals surface area contributed by atoms with Gasteiger partial charge in [0, 0.05) is 35.9 Å². The van der Waals surface area contributed by atoms with E-state index in [0.29, 0.717) is 29.3 Å². The molecule has 6 heteroatoms. The Kier molecular flexibility index (Phi) is 5.56. The number of hydrogen-bond acceptors (Lipinski definition) is 5. The molecule has 0 radical (unpaired) electrons. The van der Waals surface area contributed by atoms with Crippen LogP contribution in [0.4, 0.5) is 17.3 Å². The second-order valence-corrected chi connectivity index (χ2v) is 5.94. The van der Waals surface area contributed by atoms with E-state index in [1.807, 2.05) is 42.2 Å². The summed E-state index contributed by atoms with van der Waals surface area (Å²) in [6.45, 7) is 4.20. The van der Waals surface area contributed by atoms with E-state index >= 15 is 0 Å². The van der Waals surface area contributed by atoms with Crippen LogP contribution in [0.1, 0.15) is 34.6 Å². The molecule has 0 saturated heterocycles. The highest BCUT2D eigenvalue weighted by molar-refractivity contribution is 6.04. The number of benzene rings is 2. The first-order valence-corrected chi connectivity index (χ1v) is 8.65. The number of amides is 1. The van der Waals surface area contributed by atoms with Crippen LogP contribution in [0.2, 0.25) is 0 Å². The summed E-state index contributed by atoms with van der Waals surface area (Å²) in [6.07, 6.45) is 3.00. The standard InChI is InChI=1S/C21H20N4O2/c1-3-25(19-10-5-4-6-11-19)21-22-13-17(14-23-21)20(27)24-18-9-7-8-16(12-18)15(2)26/h4-14H,3H2,1-2H3,(H,24,27). The Balaban J connectivity index is 1.75. The predicted molar refractivity (Wildman–Crippen MR) is 106 cm³/mol. The van der Waals surface area contributed by atoms with Crippen molar-refractivity contribution in [1.82, 2.24) is 9.97 Å². The first-order valence-electron chi connectivity index (χ1n) is 8.65. The van der Waals surface area contributed by atoms with Gasteiger partial charge in [0.1, 0.15) is 0 Å². The number of aromatic nitrogens is 2. The first-order chi connectivity index (χ1) is 13.1. The van der Waals surface area contributed by atoms with Gasteiger partial charge in [0.2, 0.25) is 5.95 Å². The average molecular weight is 360 g/mol. The molecule has 0 aliphatic heterocycles. The van der Waals surface area contributed by atoms with Gasteiger partial charge in [-0.2, -0.15) is 0 Å². The van der Waals surface area contributed by atoms with Crippen LogP contribution in [-0.4, -0.2) is 28.2 Å². The number of ketones is 1. The van der Waals surface area contributed by atoms with Crippen molar-refractivity contribution in [1.29, 1.82) is 0 Å². The van der Waals surface area contributed by atoms with Gasteiger partial charge in [0.05, 0.1) is 5.56 Å². The van der Waals surface area contributed by atoms with Gasteiger partial charge in [-0.05, 0) is 38.1 Å². The number of carbonyl (C=O) groups is 2. The molecular formula is C21H20N4O2. The van der Waals surface area contributed by atoms with E-state index in [2.05, 4.69) is 15.3 Å². The predicted octanol–water partition coefficient (Wildman–Crippen LogP) is 4.09. The second-order valence-electron chi connectivity index (χ2n) is 5.94. The Labute approximate surface area is 157 Å². The maximum absolute atomic E-state index is 12.4. The molecule has 0 fully saturated rings. The highest BCUT2D eigenvalue weighted by Crippen LogP contribution is 2.21. The minimum Gasteiger partial charge on any atom is -0.322 e. The van der Waals surface area contributed by atoms with Crippen LogP contribution in [0.15, 0.2) is 67.0 Å². The summed E-state index contributed by atoms with van der Waals surface area (Å²) in [5, 5.41) is 2.76. The van der Waals surface area contributed by atoms with Crippen molar-refractivity contribution in [3.8, 4) is 0 Å². The molecule has 1 heterocycles. The van der Waals surface area contributed by atoms with Gasteiger partial charge in [-0.25, -0.2) is 9.97 Å². The third-order valence-electron chi connectivity index (χ3n) is 4.05. The van der Waals surface area contributed by atoms with E-state index in [0.717, 1.165) is 5.69 Å². The van der Waals surface area contributed by atoms with Crippen molar-refractivity contribution in [2.45, 2.75) is 13.8 Å². The number of nitrogens with one attached hydrogen (secondary N) is 1. The lowest BCUT2D eigenvalue weighted by atomic mass is 10.1. The van der Waals surface area contributed by atoms with Crippen LogP contribution in [0.3, 0.4) is 0 Å². The summed E-state index contributed by atoms with van der Waals surface area (Å²) in [7, 11) is 0. The van der Waals surface area contributed by atoms with Crippen LogP contribution >= 0.6 is 0 Å². The van der Waals surface area contributed by atoms with E-state index in [1.54, 1.807) is 24.3 Å². The van der Waals surface area contributed by atoms with Gasteiger partial charge in [-0.1, -0.05) is 30.3 Å². The lowest BCUT2D eigenvalue weighted by molar-refractivity contribution is 0.101. The minimum atomic E-state index is -0.329. The number of carbonyl (C=O) groups excluding carboxylic acids is 2. The molecule has 0 spiro atoms. The van der Waals surface area contributed by atoms with Crippen molar-refractivity contribution < 1.29 is 9.59 Å². The fraction of sp³-hybridized carbons (Fsp3) is 0.143. The Morgan fingerprint density at radius 1 is 0.963 bits per heavy atom. The molecule has 1 amide bonds. The molecule has 2 aromatic carbocycles. The molecule has 0 saturated carbocycles. The molecule has 3 rings (SSSR count). The normalized spacial score (nSPS) is 10.3. The molecule has 1 N–H and O–H groups in total. The van der Waals surface area contributed by atoms with E-state index in [1.165, 1.54) is 19.3 Å². The van der Waals surface area contributed by atoms with Crippen LogP contribution in [0.25, 0.3) is 0 Å². The highest BCUT2D eigenvalue weighted by Gasteiger charge is 2.13. The van der Waals surface area contributed by atoms with Crippen molar-refractivity contribution in [2.75, 3.05) is 16.8 Å². The fourth-order valence-corrected chi connectivity index (χ4v) is 2.64. The lowest BCUT2D eigenvalue weighted by Crippen LogP contribution is -2.20. The Bertz CT molecular complexity index is 940. The number of rotatable bonds is 6. The van der Waals surface area contributed by atoms with Gasteiger partial charge in [-0.15, -0.1) is 0 Å². The second kappa shape index (κ2) is 8.23. The number of anilines is 3. The molecule has 136 valence electrons. The smallest absolute Gasteiger partial charge is 0.258 e. The van der Waals surface area contributed by atoms with Crippen molar-refractivity contribution in [2.24, 2.45) is 0 Å². The number of para-hydroxylation sites is 1. The molecule has 6 nitrogen and oxygen atoms in total. The summed E-state index contributed by atoms with van der Waals surface area (Å²) in [5.74, 6) is 0.142. The number of hydrogen-bond donors (Lipinski definition) is 1. The van der Waals surface area contributed by atoms with Crippen LogP contribution in [-0.2, 0) is 0 Å². The van der Waals surface area contributed by atoms with E-state index in [-0.39, 0.29) is 11.7 Å². The SMILES string of the molecule is CCN(c1ccccc1)c1ncc(C(=O)Nc2cccc(C(C)=O)c2)cn1. The van der Waals surface area contributed by atoms with Gasteiger partial charge in [0.25, 0.3) is 5.91 Å². The third kappa shape index (κ3) is 4.36. The van der Waals surface area contributed by atoms with Gasteiger partial charge < -0.3 is 10.2 Å². The summed E-state index contributed by atoms with van der Waals surface area (Å²) in [5.41, 5.74) is 2.42. The van der Waals surface area contributed by atoms with Gasteiger partial charge in [-0.3, -0.25) is 9.59 Å². The maximum atomic E-state index is 12.4. The molecule has 1 aromatic heterocycles. The summed E-state index contributed by atoms with van der Waals surface area (Å²) >= 11 is 0. The molecule has 0 aliphatic rings. The third-order valence-corrected chi connectivity index (χ3v) is 4.05. The topological polar surface area (TPSA) is 75.2 Å². The van der Waals surface area contributed by atoms with Crippen molar-refractivity contribution in [3.05, 3.63) is 78.1 Å². The highest BCUT2D eigenvalue weighted by atomic mass is 16.1. The minimum absolute atomic E-state index is 0.0562. The zero-order chi connectivity index (χ0) is 19.2. The van der Waals surface area contributed by atoms with Crippen LogP contribution in [0, 0.1) is 0 Å². The summed E-state index contributed by atoms with van der Waals surface area (Å²) in [6, 6.07) is 16.6. The number of Topliss-reactive ketones (excluding diaryl/α,β-unsaturated/α-hetero) is 1. The molecule has 27 heavy (non-hydrogen) atoms. The molecule has 0 aliphatic carbocycles. The molecule has 0 atom stereocenters. The maximum Gasteiger partial charge on any atom is 0.258 e. The number of nitrogens with zero attached hydrogens (tertiary/aromatic N) is 3. The van der Waals surface area contributed by atoms with E-state index in [4.69, 9.17) is 0 Å². The van der Waals surface area contributed by atoms with Crippen molar-refractivity contribution >= 4 is 29.0 Å². The van der Waals surface area contributed by atoms with E-state index in [9.17, 15) is 9.59 Å². The van der Waals surface area contributed by atoms with Gasteiger partial charge in [0.15, 0.2) is 5.78 Å². The Hall–Kier alpha value is -3.54. The fourth-order valence-electron chi connectivity index (χ4n) is 2.64. The largest absolute Gasteiger partial charge is 0.322 e. The van der Waals surface area contributed by atoms with Crippen LogP contribution in [0.5, 0.6) is 0 Å². The quantitative estimate of drug-likeness (QED) is 0.670. The molecule has 3 aromatic rings. The summed E-state index contributed by atoms with van der Waals surface area (Å²) < 4.78 is 0. The molecular weight excluding hydrogens is 340 g/mol. The Morgan fingerprint density at radius 3 is 2.30 bits per heavy atom. The zero-order valence-corrected chi connectivity index (χ0v) is 15.2. The van der Waals surface area contributed by atoms with Crippen molar-refractivity contribution in [3.63, 3.8) is 0 Å². The average Bonchev–Trinajstić information content (AvgIpc) is 2.70. The lowest BCUT2D eigenvalue weighted by Gasteiger charge is -2.20.